The third-order valence-corrected chi connectivity index (χ3v) is 11.7. The van der Waals surface area contributed by atoms with Crippen molar-refractivity contribution < 1.29 is 28.3 Å². The van der Waals surface area contributed by atoms with Crippen LogP contribution in [0.5, 0.6) is 0 Å². The van der Waals surface area contributed by atoms with E-state index >= 15 is 0 Å². The summed E-state index contributed by atoms with van der Waals surface area (Å²) in [5, 5.41) is 29.3. The number of carbonyl (C=O) groups excluding carboxylic acids is 2. The summed E-state index contributed by atoms with van der Waals surface area (Å²) in [5.74, 6) is -0.525. The van der Waals surface area contributed by atoms with Crippen molar-refractivity contribution in [2.45, 2.75) is 70.7 Å². The summed E-state index contributed by atoms with van der Waals surface area (Å²) in [5.41, 5.74) is 2.00. The molecule has 3 atom stereocenters. The van der Waals surface area contributed by atoms with Gasteiger partial charge in [0.1, 0.15) is 16.7 Å². The van der Waals surface area contributed by atoms with Crippen molar-refractivity contribution in [1.29, 1.82) is 0 Å². The molecule has 5 rings (SSSR count). The van der Waals surface area contributed by atoms with Crippen molar-refractivity contribution in [2.24, 2.45) is 16.5 Å². The Kier molecular flexibility index (Phi) is 13.2. The largest absolute Gasteiger partial charge is 0.411 e. The van der Waals surface area contributed by atoms with E-state index in [2.05, 4.69) is 25.4 Å². The number of aromatic nitrogens is 3. The van der Waals surface area contributed by atoms with Crippen molar-refractivity contribution >= 4 is 39.5 Å². The molecular formula is C38H48N8O6S2. The lowest BCUT2D eigenvalue weighted by Gasteiger charge is -2.38. The van der Waals surface area contributed by atoms with Gasteiger partial charge in [0.15, 0.2) is 0 Å². The van der Waals surface area contributed by atoms with Gasteiger partial charge in [-0.3, -0.25) is 14.8 Å². The van der Waals surface area contributed by atoms with Gasteiger partial charge in [0, 0.05) is 44.0 Å². The highest BCUT2D eigenvalue weighted by Gasteiger charge is 2.44. The predicted molar refractivity (Wildman–Crippen MR) is 206 cm³/mol. The minimum Gasteiger partial charge on any atom is -0.411 e. The molecule has 0 bridgehead atoms. The Morgan fingerprint density at radius 3 is 2.43 bits per heavy atom. The molecular weight excluding hydrogens is 729 g/mol. The minimum atomic E-state index is -4.08. The zero-order chi connectivity index (χ0) is 39.0. The van der Waals surface area contributed by atoms with Gasteiger partial charge in [0.25, 0.3) is 0 Å². The molecule has 3 N–H and O–H groups in total. The van der Waals surface area contributed by atoms with Gasteiger partial charge in [-0.15, -0.1) is 11.3 Å². The van der Waals surface area contributed by atoms with E-state index in [0.717, 1.165) is 5.56 Å². The van der Waals surface area contributed by atoms with Crippen molar-refractivity contribution in [1.82, 2.24) is 34.4 Å². The number of nitrogens with one attached hydrogen (secondary N) is 1. The summed E-state index contributed by atoms with van der Waals surface area (Å²) < 4.78 is 29.1. The zero-order valence-corrected chi connectivity index (χ0v) is 32.7. The van der Waals surface area contributed by atoms with Gasteiger partial charge >= 0.3 is 6.03 Å². The number of nitrogens with zero attached hydrogens (tertiary/aromatic N) is 7. The zero-order valence-electron chi connectivity index (χ0n) is 31.1. The topological polar surface area (TPSA) is 182 Å². The molecule has 3 amide bonds. The normalized spacial score (nSPS) is 15.7. The lowest BCUT2D eigenvalue weighted by Crippen LogP contribution is -2.59. The Labute approximate surface area is 320 Å². The number of amides is 3. The number of hydrogen-bond acceptors (Lipinski definition) is 11. The fourth-order valence-electron chi connectivity index (χ4n) is 6.46. The van der Waals surface area contributed by atoms with Gasteiger partial charge in [0.05, 0.1) is 41.7 Å². The summed E-state index contributed by atoms with van der Waals surface area (Å²) in [6.45, 7) is 10.2. The van der Waals surface area contributed by atoms with E-state index in [4.69, 9.17) is 5.21 Å². The first kappa shape index (κ1) is 40.4. The van der Waals surface area contributed by atoms with E-state index in [1.165, 1.54) is 46.1 Å². The van der Waals surface area contributed by atoms with Gasteiger partial charge in [-0.1, -0.05) is 82.2 Å². The average Bonchev–Trinajstić information content (AvgIpc) is 3.74. The third kappa shape index (κ3) is 10.0. The Hall–Kier alpha value is -4.77. The molecule has 1 aliphatic heterocycles. The van der Waals surface area contributed by atoms with E-state index < -0.39 is 39.5 Å². The van der Waals surface area contributed by atoms with Crippen LogP contribution < -0.4 is 5.32 Å². The second kappa shape index (κ2) is 17.6. The maximum absolute atomic E-state index is 14.4. The van der Waals surface area contributed by atoms with Crippen molar-refractivity contribution in [3.05, 3.63) is 95.4 Å². The Morgan fingerprint density at radius 1 is 1.07 bits per heavy atom. The molecule has 14 nitrogen and oxygen atoms in total. The molecule has 2 aromatic carbocycles. The molecule has 0 unspecified atom stereocenters. The van der Waals surface area contributed by atoms with Crippen LogP contribution in [0.25, 0.3) is 10.7 Å². The van der Waals surface area contributed by atoms with E-state index in [0.29, 0.717) is 35.0 Å². The molecule has 1 saturated heterocycles. The standard InChI is InChI=1S/C38H48N8O6S2/c1-26(2)22-45(54(51,52)30-13-11-28(12-14-30)20-41-50)24-33(47)31(19-27-9-7-6-8-10-27)43-35(48)34(38(3,4)5)46-18-17-44(37(46)49)23-29-25-53-36(42-29)32-21-39-15-16-40-32/h6-16,20-21,25-26,31,33-34,47,50H,17-19,22-24H2,1-5H3,(H,43,48)/t31-,33+,34+/m0/s1. The van der Waals surface area contributed by atoms with Crippen LogP contribution in [0.15, 0.2) is 88.6 Å². The molecule has 1 aliphatic rings. The maximum Gasteiger partial charge on any atom is 0.321 e. The molecule has 0 radical (unpaired) electrons. The smallest absolute Gasteiger partial charge is 0.321 e. The fraction of sp³-hybridized carbons (Fsp3) is 0.421. The number of aliphatic hydroxyl groups excluding tert-OH is 1. The van der Waals surface area contributed by atoms with Crippen LogP contribution in [0.3, 0.4) is 0 Å². The number of thiazole rings is 1. The number of hydrogen-bond donors (Lipinski definition) is 3. The third-order valence-electron chi connectivity index (χ3n) is 8.97. The molecule has 4 aromatic rings. The quantitative estimate of drug-likeness (QED) is 0.0839. The van der Waals surface area contributed by atoms with Crippen LogP contribution >= 0.6 is 11.3 Å². The molecule has 16 heteroatoms. The molecule has 288 valence electrons. The van der Waals surface area contributed by atoms with E-state index in [9.17, 15) is 23.1 Å². The number of benzene rings is 2. The second-order valence-corrected chi connectivity index (χ2v) is 17.6. The van der Waals surface area contributed by atoms with Crippen LogP contribution in [0, 0.1) is 11.3 Å². The van der Waals surface area contributed by atoms with Gasteiger partial charge in [-0.05, 0) is 41.0 Å². The molecule has 2 aromatic heterocycles. The number of aliphatic hydroxyl groups is 1. The predicted octanol–water partition coefficient (Wildman–Crippen LogP) is 4.50. The summed E-state index contributed by atoms with van der Waals surface area (Å²) in [7, 11) is -4.08. The van der Waals surface area contributed by atoms with Crippen LogP contribution in [0.1, 0.15) is 51.4 Å². The molecule has 54 heavy (non-hydrogen) atoms. The van der Waals surface area contributed by atoms with Crippen molar-refractivity contribution in [3.8, 4) is 10.7 Å². The van der Waals surface area contributed by atoms with Gasteiger partial charge in [-0.2, -0.15) is 4.31 Å². The molecule has 0 saturated carbocycles. The first-order valence-corrected chi connectivity index (χ1v) is 20.1. The second-order valence-electron chi connectivity index (χ2n) is 14.8. The number of sulfonamides is 1. The number of rotatable bonds is 16. The first-order valence-electron chi connectivity index (χ1n) is 17.7. The van der Waals surface area contributed by atoms with Gasteiger partial charge < -0.3 is 25.4 Å². The molecule has 0 spiro atoms. The summed E-state index contributed by atoms with van der Waals surface area (Å²) in [4.78, 5) is 44.6. The molecule has 1 fully saturated rings. The van der Waals surface area contributed by atoms with Gasteiger partial charge in [-0.25, -0.2) is 18.2 Å². The maximum atomic E-state index is 14.4. The highest BCUT2D eigenvalue weighted by atomic mass is 32.2. The fourth-order valence-corrected chi connectivity index (χ4v) is 8.85. The molecule has 3 heterocycles. The Morgan fingerprint density at radius 2 is 1.80 bits per heavy atom. The first-order chi connectivity index (χ1) is 25.7. The van der Waals surface area contributed by atoms with E-state index in [1.54, 1.807) is 28.4 Å². The van der Waals surface area contributed by atoms with Crippen LogP contribution in [-0.4, -0.2) is 110 Å². The Bertz CT molecular complexity index is 1990. The summed E-state index contributed by atoms with van der Waals surface area (Å²) >= 11 is 1.42. The van der Waals surface area contributed by atoms with Crippen LogP contribution in [0.2, 0.25) is 0 Å². The lowest BCUT2D eigenvalue weighted by molar-refractivity contribution is -0.130. The summed E-state index contributed by atoms with van der Waals surface area (Å²) in [6, 6.07) is 13.1. The molecule has 0 aliphatic carbocycles. The van der Waals surface area contributed by atoms with E-state index in [-0.39, 0.29) is 42.9 Å². The highest BCUT2D eigenvalue weighted by Crippen LogP contribution is 2.30. The number of carbonyl (C=O) groups is 2. The highest BCUT2D eigenvalue weighted by molar-refractivity contribution is 7.89. The SMILES string of the molecule is CC(C)CN(C[C@@H](O)[C@H](Cc1ccccc1)NC(=O)[C@@H](N1CCN(Cc2csc(-c3cnccn3)n2)C1=O)C(C)(C)C)S(=O)(=O)c1ccc(C=NO)cc1. The van der Waals surface area contributed by atoms with Crippen molar-refractivity contribution in [3.63, 3.8) is 0 Å². The van der Waals surface area contributed by atoms with Gasteiger partial charge in [0.2, 0.25) is 15.9 Å². The lowest BCUT2D eigenvalue weighted by atomic mass is 9.84. The number of urea groups is 1. The minimum absolute atomic E-state index is 0.0154. The van der Waals surface area contributed by atoms with Crippen molar-refractivity contribution in [2.75, 3.05) is 26.2 Å². The Balaban J connectivity index is 1.36. The summed E-state index contributed by atoms with van der Waals surface area (Å²) in [6.07, 6.45) is 4.92. The number of oxime groups is 1. The monoisotopic (exact) mass is 776 g/mol. The van der Waals surface area contributed by atoms with Crippen LogP contribution in [0.4, 0.5) is 4.79 Å². The van der Waals surface area contributed by atoms with E-state index in [1.807, 2.05) is 70.3 Å². The average molecular weight is 777 g/mol. The van der Waals surface area contributed by atoms with Crippen LogP contribution in [-0.2, 0) is 27.8 Å².